The molecule has 1 atom stereocenters. The fourth-order valence-electron chi connectivity index (χ4n) is 2.83. The van der Waals surface area contributed by atoms with Crippen molar-refractivity contribution in [1.82, 2.24) is 15.2 Å². The highest BCUT2D eigenvalue weighted by Gasteiger charge is 2.28. The summed E-state index contributed by atoms with van der Waals surface area (Å²) in [6, 6.07) is 9.65. The summed E-state index contributed by atoms with van der Waals surface area (Å²) in [6.07, 6.45) is 3.42. The summed E-state index contributed by atoms with van der Waals surface area (Å²) in [5, 5.41) is 14.3. The molecule has 1 aromatic heterocycles. The summed E-state index contributed by atoms with van der Waals surface area (Å²) in [7, 11) is 0. The molecular weight excluding hydrogens is 324 g/mol. The second-order valence-electron chi connectivity index (χ2n) is 5.61. The topological polar surface area (TPSA) is 97.6 Å². The van der Waals surface area contributed by atoms with Crippen LogP contribution in [-0.2, 0) is 4.79 Å². The van der Waals surface area contributed by atoms with Gasteiger partial charge in [0.1, 0.15) is 0 Å². The maximum absolute atomic E-state index is 12.6. The highest BCUT2D eigenvalue weighted by Crippen LogP contribution is 2.26. The normalized spacial score (nSPS) is 17.1. The molecule has 1 amide bonds. The van der Waals surface area contributed by atoms with Gasteiger partial charge in [0.15, 0.2) is 12.4 Å². The number of carbonyl (C=O) groups excluding carboxylic acids is 1. The van der Waals surface area contributed by atoms with Gasteiger partial charge in [0, 0.05) is 38.1 Å². The van der Waals surface area contributed by atoms with Crippen molar-refractivity contribution in [2.45, 2.75) is 6.04 Å². The molecule has 1 aliphatic heterocycles. The van der Waals surface area contributed by atoms with Gasteiger partial charge in [0.25, 0.3) is 5.91 Å². The zero-order valence-corrected chi connectivity index (χ0v) is 13.5. The van der Waals surface area contributed by atoms with Crippen LogP contribution in [0.2, 0.25) is 0 Å². The Labute approximate surface area is 144 Å². The van der Waals surface area contributed by atoms with Crippen LogP contribution in [0.5, 0.6) is 5.75 Å². The highest BCUT2D eigenvalue weighted by atomic mass is 16.6. The summed E-state index contributed by atoms with van der Waals surface area (Å²) in [4.78, 5) is 28.9. The van der Waals surface area contributed by atoms with Crippen molar-refractivity contribution in [3.8, 4) is 5.75 Å². The Morgan fingerprint density at radius 1 is 1.36 bits per heavy atom. The second kappa shape index (κ2) is 7.71. The number of hydrogen-bond donors (Lipinski definition) is 1. The number of carbonyl (C=O) groups is 1. The first-order valence-corrected chi connectivity index (χ1v) is 7.93. The third-order valence-electron chi connectivity index (χ3n) is 4.05. The number of piperazine rings is 1. The summed E-state index contributed by atoms with van der Waals surface area (Å²) in [5.74, 6) is -0.123. The Balaban J connectivity index is 1.70. The van der Waals surface area contributed by atoms with Gasteiger partial charge in [0.2, 0.25) is 0 Å². The Morgan fingerprint density at radius 2 is 2.20 bits per heavy atom. The minimum absolute atomic E-state index is 0.0916. The van der Waals surface area contributed by atoms with Crippen LogP contribution in [-0.4, -0.2) is 47.0 Å². The number of aromatic nitrogens is 1. The molecule has 1 saturated heterocycles. The standard InChI is InChI=1S/C17H18N4O4/c22-17(12-25-16-6-2-1-5-14(16)21(23)24)20-9-8-19-11-15(20)13-4-3-7-18-10-13/h1-7,10,15,19H,8-9,11-12H2. The largest absolute Gasteiger partial charge is 0.477 e. The van der Waals surface area contributed by atoms with E-state index in [1.165, 1.54) is 12.1 Å². The molecule has 1 unspecified atom stereocenters. The van der Waals surface area contributed by atoms with Gasteiger partial charge in [-0.2, -0.15) is 0 Å². The number of amides is 1. The van der Waals surface area contributed by atoms with Gasteiger partial charge in [-0.25, -0.2) is 0 Å². The summed E-state index contributed by atoms with van der Waals surface area (Å²) >= 11 is 0. The fraction of sp³-hybridized carbons (Fsp3) is 0.294. The van der Waals surface area contributed by atoms with Gasteiger partial charge >= 0.3 is 5.69 Å². The van der Waals surface area contributed by atoms with E-state index < -0.39 is 4.92 Å². The number of hydrogen-bond acceptors (Lipinski definition) is 6. The molecule has 1 fully saturated rings. The van der Waals surface area contributed by atoms with E-state index >= 15 is 0 Å². The van der Waals surface area contributed by atoms with E-state index in [1.807, 2.05) is 12.1 Å². The average molecular weight is 342 g/mol. The third-order valence-corrected chi connectivity index (χ3v) is 4.05. The molecule has 8 heteroatoms. The molecule has 1 N–H and O–H groups in total. The van der Waals surface area contributed by atoms with Crippen LogP contribution in [0.3, 0.4) is 0 Å². The highest BCUT2D eigenvalue weighted by molar-refractivity contribution is 5.78. The van der Waals surface area contributed by atoms with Gasteiger partial charge in [-0.15, -0.1) is 0 Å². The Bertz CT molecular complexity index is 753. The number of nitrogens with zero attached hydrogens (tertiary/aromatic N) is 3. The number of ether oxygens (including phenoxy) is 1. The number of nitrogens with one attached hydrogen (secondary N) is 1. The molecule has 1 aliphatic rings. The lowest BCUT2D eigenvalue weighted by atomic mass is 10.1. The van der Waals surface area contributed by atoms with E-state index in [-0.39, 0.29) is 30.0 Å². The summed E-state index contributed by atoms with van der Waals surface area (Å²) in [6.45, 7) is 1.61. The lowest BCUT2D eigenvalue weighted by Crippen LogP contribution is -2.50. The van der Waals surface area contributed by atoms with Crippen molar-refractivity contribution in [1.29, 1.82) is 0 Å². The predicted molar refractivity (Wildman–Crippen MR) is 90.2 cm³/mol. The van der Waals surface area contributed by atoms with Gasteiger partial charge in [0.05, 0.1) is 11.0 Å². The minimum atomic E-state index is -0.525. The average Bonchev–Trinajstić information content (AvgIpc) is 2.67. The molecule has 2 heterocycles. The monoisotopic (exact) mass is 342 g/mol. The van der Waals surface area contributed by atoms with Crippen LogP contribution in [0, 0.1) is 10.1 Å². The lowest BCUT2D eigenvalue weighted by molar-refractivity contribution is -0.385. The molecule has 2 aromatic rings. The van der Waals surface area contributed by atoms with Crippen molar-refractivity contribution < 1.29 is 14.5 Å². The van der Waals surface area contributed by atoms with Crippen molar-refractivity contribution in [3.63, 3.8) is 0 Å². The molecular formula is C17H18N4O4. The van der Waals surface area contributed by atoms with E-state index in [2.05, 4.69) is 10.3 Å². The van der Waals surface area contributed by atoms with Gasteiger partial charge in [-0.3, -0.25) is 19.9 Å². The third kappa shape index (κ3) is 3.92. The molecule has 130 valence electrons. The number of pyridine rings is 1. The Hall–Kier alpha value is -3.00. The molecule has 0 spiro atoms. The number of nitro groups is 1. The lowest BCUT2D eigenvalue weighted by Gasteiger charge is -2.36. The predicted octanol–water partition coefficient (Wildman–Crippen LogP) is 1.54. The summed E-state index contributed by atoms with van der Waals surface area (Å²) in [5.41, 5.74) is 0.785. The zero-order valence-electron chi connectivity index (χ0n) is 13.5. The van der Waals surface area contributed by atoms with Crippen LogP contribution in [0.25, 0.3) is 0 Å². The minimum Gasteiger partial charge on any atom is -0.477 e. The first-order chi connectivity index (χ1) is 12.2. The van der Waals surface area contributed by atoms with Crippen molar-refractivity contribution >= 4 is 11.6 Å². The summed E-state index contributed by atoms with van der Waals surface area (Å²) < 4.78 is 5.43. The molecule has 0 bridgehead atoms. The first-order valence-electron chi connectivity index (χ1n) is 7.93. The van der Waals surface area contributed by atoms with Crippen LogP contribution in [0.4, 0.5) is 5.69 Å². The molecule has 1 aromatic carbocycles. The van der Waals surface area contributed by atoms with Crippen LogP contribution in [0.1, 0.15) is 11.6 Å². The van der Waals surface area contributed by atoms with E-state index in [0.29, 0.717) is 19.6 Å². The number of para-hydroxylation sites is 2. The fourth-order valence-corrected chi connectivity index (χ4v) is 2.83. The zero-order chi connectivity index (χ0) is 17.6. The van der Waals surface area contributed by atoms with Crippen LogP contribution >= 0.6 is 0 Å². The van der Waals surface area contributed by atoms with Gasteiger partial charge < -0.3 is 15.0 Å². The molecule has 0 radical (unpaired) electrons. The van der Waals surface area contributed by atoms with Crippen molar-refractivity contribution in [2.24, 2.45) is 0 Å². The van der Waals surface area contributed by atoms with Crippen molar-refractivity contribution in [2.75, 3.05) is 26.2 Å². The Kier molecular flexibility index (Phi) is 5.20. The van der Waals surface area contributed by atoms with E-state index in [9.17, 15) is 14.9 Å². The van der Waals surface area contributed by atoms with E-state index in [1.54, 1.807) is 29.4 Å². The SMILES string of the molecule is O=C(COc1ccccc1[N+](=O)[O-])N1CCNCC1c1cccnc1. The Morgan fingerprint density at radius 3 is 2.96 bits per heavy atom. The molecule has 8 nitrogen and oxygen atoms in total. The first kappa shape index (κ1) is 16.8. The maximum Gasteiger partial charge on any atom is 0.310 e. The molecule has 0 saturated carbocycles. The van der Waals surface area contributed by atoms with Gasteiger partial charge in [-0.1, -0.05) is 18.2 Å². The number of nitro benzene ring substituents is 1. The number of benzene rings is 1. The van der Waals surface area contributed by atoms with Crippen molar-refractivity contribution in [3.05, 3.63) is 64.5 Å². The van der Waals surface area contributed by atoms with Gasteiger partial charge in [-0.05, 0) is 17.7 Å². The second-order valence-corrected chi connectivity index (χ2v) is 5.61. The molecule has 25 heavy (non-hydrogen) atoms. The molecule has 3 rings (SSSR count). The maximum atomic E-state index is 12.6. The van der Waals surface area contributed by atoms with E-state index in [0.717, 1.165) is 5.56 Å². The quantitative estimate of drug-likeness (QED) is 0.654. The smallest absolute Gasteiger partial charge is 0.310 e. The van der Waals surface area contributed by atoms with Crippen LogP contribution in [0.15, 0.2) is 48.8 Å². The van der Waals surface area contributed by atoms with E-state index in [4.69, 9.17) is 4.74 Å². The number of rotatable bonds is 5. The molecule has 0 aliphatic carbocycles. The van der Waals surface area contributed by atoms with Crippen LogP contribution < -0.4 is 10.1 Å².